The maximum Gasteiger partial charge on any atom is 0.138 e. The first-order valence-corrected chi connectivity index (χ1v) is 3.51. The van der Waals surface area contributed by atoms with Crippen molar-refractivity contribution in [3.63, 3.8) is 0 Å². The number of fused-ring (bicyclic) bond motifs is 1. The first kappa shape index (κ1) is 6.20. The number of rotatable bonds is 0. The molecule has 2 heteroatoms. The average molecular weight is 144 g/mol. The van der Waals surface area contributed by atoms with Gasteiger partial charge in [0.05, 0.1) is 11.9 Å². The van der Waals surface area contributed by atoms with Crippen molar-refractivity contribution in [2.45, 2.75) is 6.92 Å². The van der Waals surface area contributed by atoms with E-state index >= 15 is 0 Å². The van der Waals surface area contributed by atoms with Crippen LogP contribution in [0, 0.1) is 0 Å². The minimum absolute atomic E-state index is 0.927. The molecule has 0 aromatic heterocycles. The second kappa shape index (κ2) is 2.26. The molecule has 0 aromatic rings. The highest BCUT2D eigenvalue weighted by Crippen LogP contribution is 2.09. The fourth-order valence-electron chi connectivity index (χ4n) is 1.02. The van der Waals surface area contributed by atoms with E-state index in [4.69, 9.17) is 0 Å². The van der Waals surface area contributed by atoms with Crippen LogP contribution in [0.5, 0.6) is 0 Å². The highest BCUT2D eigenvalue weighted by molar-refractivity contribution is 5.96. The van der Waals surface area contributed by atoms with Crippen LogP contribution in [0.1, 0.15) is 6.92 Å². The van der Waals surface area contributed by atoms with E-state index < -0.39 is 0 Å². The summed E-state index contributed by atoms with van der Waals surface area (Å²) in [6.45, 7) is 1.94. The predicted octanol–water partition coefficient (Wildman–Crippen LogP) is 1.80. The smallest absolute Gasteiger partial charge is 0.138 e. The molecule has 2 aliphatic heterocycles. The van der Waals surface area contributed by atoms with Gasteiger partial charge in [-0.2, -0.15) is 0 Å². The maximum atomic E-state index is 4.28. The van der Waals surface area contributed by atoms with Gasteiger partial charge >= 0.3 is 0 Å². The van der Waals surface area contributed by atoms with Crippen LogP contribution >= 0.6 is 0 Å². The second-order valence-electron chi connectivity index (χ2n) is 2.44. The second-order valence-corrected chi connectivity index (χ2v) is 2.44. The number of aliphatic imine (C=N–C) groups is 1. The topological polar surface area (TPSA) is 15.6 Å². The van der Waals surface area contributed by atoms with Crippen LogP contribution in [-0.2, 0) is 0 Å². The van der Waals surface area contributed by atoms with E-state index in [0.29, 0.717) is 0 Å². The van der Waals surface area contributed by atoms with Crippen molar-refractivity contribution in [2.24, 2.45) is 4.99 Å². The van der Waals surface area contributed by atoms with Crippen molar-refractivity contribution in [3.05, 3.63) is 42.1 Å². The molecule has 2 aliphatic rings. The molecule has 0 bridgehead atoms. The molecule has 0 fully saturated rings. The molecule has 0 saturated heterocycles. The quantitative estimate of drug-likeness (QED) is 0.473. The number of allylic oxidation sites excluding steroid dienone is 3. The molecular formula is C9H8N2. The highest BCUT2D eigenvalue weighted by atomic mass is 15.2. The van der Waals surface area contributed by atoms with Gasteiger partial charge in [-0.3, -0.25) is 0 Å². The Morgan fingerprint density at radius 3 is 3.27 bits per heavy atom. The molecule has 0 spiro atoms. The van der Waals surface area contributed by atoms with Crippen molar-refractivity contribution in [1.82, 2.24) is 4.90 Å². The average Bonchev–Trinajstić information content (AvgIpc) is 2.04. The van der Waals surface area contributed by atoms with Gasteiger partial charge in [0.1, 0.15) is 5.84 Å². The third-order valence-corrected chi connectivity index (χ3v) is 1.56. The van der Waals surface area contributed by atoms with Crippen LogP contribution in [0.15, 0.2) is 47.0 Å². The Kier molecular flexibility index (Phi) is 1.27. The van der Waals surface area contributed by atoms with E-state index in [9.17, 15) is 0 Å². The van der Waals surface area contributed by atoms with Gasteiger partial charge in [0.25, 0.3) is 0 Å². The van der Waals surface area contributed by atoms with E-state index in [1.54, 1.807) is 0 Å². The zero-order valence-corrected chi connectivity index (χ0v) is 6.28. The van der Waals surface area contributed by atoms with Gasteiger partial charge in [-0.25, -0.2) is 4.99 Å². The van der Waals surface area contributed by atoms with Crippen molar-refractivity contribution < 1.29 is 0 Å². The van der Waals surface area contributed by atoms with Crippen LogP contribution in [-0.4, -0.2) is 10.7 Å². The Bertz CT molecular complexity index is 325. The monoisotopic (exact) mass is 144 g/mol. The molecule has 0 saturated carbocycles. The molecule has 2 rings (SSSR count). The molecule has 0 radical (unpaired) electrons. The van der Waals surface area contributed by atoms with Crippen molar-refractivity contribution in [1.29, 1.82) is 0 Å². The summed E-state index contributed by atoms with van der Waals surface area (Å²) in [5, 5.41) is 0. The van der Waals surface area contributed by atoms with Crippen LogP contribution in [0.3, 0.4) is 0 Å². The van der Waals surface area contributed by atoms with Crippen LogP contribution in [0.25, 0.3) is 0 Å². The van der Waals surface area contributed by atoms with Crippen LogP contribution in [0.2, 0.25) is 0 Å². The molecule has 0 aliphatic carbocycles. The molecule has 2 heterocycles. The fraction of sp³-hybridized carbons (Fsp3) is 0.111. The molecule has 0 amide bonds. The van der Waals surface area contributed by atoms with Crippen LogP contribution < -0.4 is 0 Å². The first-order valence-electron chi connectivity index (χ1n) is 3.51. The Balaban J connectivity index is 2.47. The summed E-state index contributed by atoms with van der Waals surface area (Å²) < 4.78 is 0. The van der Waals surface area contributed by atoms with Gasteiger partial charge in [0.2, 0.25) is 0 Å². The lowest BCUT2D eigenvalue weighted by Crippen LogP contribution is -2.20. The molecule has 0 unspecified atom stereocenters. The van der Waals surface area contributed by atoms with E-state index in [2.05, 4.69) is 10.7 Å². The maximum absolute atomic E-state index is 4.28. The van der Waals surface area contributed by atoms with Crippen molar-refractivity contribution in [2.75, 3.05) is 0 Å². The van der Waals surface area contributed by atoms with Gasteiger partial charge in [-0.1, -0.05) is 11.8 Å². The largest absolute Gasteiger partial charge is 0.301 e. The number of hydrogen-bond donors (Lipinski definition) is 0. The standard InChI is InChI=1S/C9H8N2/c1-8-5-7-11-6-3-2-4-9(11)10-8/h2-4,6-7H,1H3. The SMILES string of the molecule is CC1=C=CN2C=CC=CC2=N1. The Hall–Kier alpha value is -1.53. The van der Waals surface area contributed by atoms with Crippen LogP contribution in [0.4, 0.5) is 0 Å². The lowest BCUT2D eigenvalue weighted by atomic mass is 10.3. The number of amidine groups is 1. The van der Waals surface area contributed by atoms with Crippen molar-refractivity contribution >= 4 is 5.84 Å². The zero-order chi connectivity index (χ0) is 7.68. The predicted molar refractivity (Wildman–Crippen MR) is 44.8 cm³/mol. The van der Waals surface area contributed by atoms with E-state index in [1.807, 2.05) is 42.5 Å². The third kappa shape index (κ3) is 1.04. The molecule has 11 heavy (non-hydrogen) atoms. The summed E-state index contributed by atoms with van der Waals surface area (Å²) in [6.07, 6.45) is 9.76. The molecule has 0 aromatic carbocycles. The third-order valence-electron chi connectivity index (χ3n) is 1.56. The summed E-state index contributed by atoms with van der Waals surface area (Å²) in [5.74, 6) is 0.962. The van der Waals surface area contributed by atoms with Gasteiger partial charge in [-0.05, 0) is 19.1 Å². The Labute approximate surface area is 65.5 Å². The highest BCUT2D eigenvalue weighted by Gasteiger charge is 2.06. The summed E-state index contributed by atoms with van der Waals surface area (Å²) in [6, 6.07) is 0. The molecule has 54 valence electrons. The lowest BCUT2D eigenvalue weighted by Gasteiger charge is -2.18. The van der Waals surface area contributed by atoms with Gasteiger partial charge in [0, 0.05) is 6.20 Å². The van der Waals surface area contributed by atoms with Gasteiger partial charge < -0.3 is 4.90 Å². The summed E-state index contributed by atoms with van der Waals surface area (Å²) in [5.41, 5.74) is 3.95. The van der Waals surface area contributed by atoms with Gasteiger partial charge in [-0.15, -0.1) is 0 Å². The number of nitrogens with zero attached hydrogens (tertiary/aromatic N) is 2. The molecular weight excluding hydrogens is 136 g/mol. The molecule has 0 atom stereocenters. The minimum atomic E-state index is 0.927. The summed E-state index contributed by atoms with van der Waals surface area (Å²) in [7, 11) is 0. The Morgan fingerprint density at radius 2 is 2.36 bits per heavy atom. The zero-order valence-electron chi connectivity index (χ0n) is 6.28. The van der Waals surface area contributed by atoms with E-state index in [1.165, 1.54) is 0 Å². The first-order chi connectivity index (χ1) is 5.36. The molecule has 2 nitrogen and oxygen atoms in total. The summed E-state index contributed by atoms with van der Waals surface area (Å²) >= 11 is 0. The normalized spacial score (nSPS) is 19.5. The Morgan fingerprint density at radius 1 is 1.45 bits per heavy atom. The van der Waals surface area contributed by atoms with E-state index in [-0.39, 0.29) is 0 Å². The molecule has 0 N–H and O–H groups in total. The van der Waals surface area contributed by atoms with Gasteiger partial charge in [0.15, 0.2) is 0 Å². The number of hydrogen-bond acceptors (Lipinski definition) is 2. The lowest BCUT2D eigenvalue weighted by molar-refractivity contribution is 0.749. The van der Waals surface area contributed by atoms with Crippen molar-refractivity contribution in [3.8, 4) is 0 Å². The van der Waals surface area contributed by atoms with E-state index in [0.717, 1.165) is 11.5 Å². The minimum Gasteiger partial charge on any atom is -0.301 e. The fourth-order valence-corrected chi connectivity index (χ4v) is 1.02. The summed E-state index contributed by atoms with van der Waals surface area (Å²) in [4.78, 5) is 6.22.